The van der Waals surface area contributed by atoms with Crippen LogP contribution in [-0.2, 0) is 11.3 Å². The van der Waals surface area contributed by atoms with Crippen LogP contribution >= 0.6 is 15.9 Å². The van der Waals surface area contributed by atoms with Crippen LogP contribution in [0.4, 0.5) is 0 Å². The molecule has 1 aromatic carbocycles. The van der Waals surface area contributed by atoms with Gasteiger partial charge in [-0.15, -0.1) is 0 Å². The second-order valence-corrected chi connectivity index (χ2v) is 8.28. The molecule has 1 aliphatic heterocycles. The van der Waals surface area contributed by atoms with E-state index in [0.29, 0.717) is 12.8 Å². The van der Waals surface area contributed by atoms with Crippen molar-refractivity contribution >= 4 is 27.5 Å². The van der Waals surface area contributed by atoms with E-state index in [-0.39, 0.29) is 5.92 Å². The lowest BCUT2D eigenvalue weighted by atomic mass is 9.97. The average molecular weight is 428 g/mol. The van der Waals surface area contributed by atoms with Crippen molar-refractivity contribution in [3.63, 3.8) is 0 Å². The first-order valence-corrected chi connectivity index (χ1v) is 10.1. The minimum Gasteiger partial charge on any atom is -0.550 e. The third kappa shape index (κ3) is 3.77. The average Bonchev–Trinajstić information content (AvgIpc) is 3.00. The summed E-state index contributed by atoms with van der Waals surface area (Å²) in [6.45, 7) is 4.58. The second-order valence-electron chi connectivity index (χ2n) is 7.37. The van der Waals surface area contributed by atoms with Gasteiger partial charge in [0.2, 0.25) is 0 Å². The number of fused-ring (bicyclic) bond motifs is 1. The molecule has 0 atom stereocenters. The Morgan fingerprint density at radius 3 is 2.59 bits per heavy atom. The third-order valence-corrected chi connectivity index (χ3v) is 5.92. The predicted molar refractivity (Wildman–Crippen MR) is 105 cm³/mol. The highest BCUT2D eigenvalue weighted by molar-refractivity contribution is 9.10. The molecule has 140 valence electrons. The Bertz CT molecular complexity index is 973. The van der Waals surface area contributed by atoms with Crippen LogP contribution in [0.1, 0.15) is 24.1 Å². The van der Waals surface area contributed by atoms with E-state index in [1.165, 1.54) is 10.5 Å². The van der Waals surface area contributed by atoms with Crippen molar-refractivity contribution in [3.8, 4) is 11.3 Å². The molecule has 5 nitrogen and oxygen atoms in total. The van der Waals surface area contributed by atoms with E-state index in [0.717, 1.165) is 46.7 Å². The van der Waals surface area contributed by atoms with Gasteiger partial charge in [-0.2, -0.15) is 0 Å². The number of carboxylic acid groups (broad SMARTS) is 1. The molecule has 1 fully saturated rings. The van der Waals surface area contributed by atoms with E-state index >= 15 is 0 Å². The number of piperidine rings is 1. The van der Waals surface area contributed by atoms with Crippen LogP contribution in [0.5, 0.6) is 0 Å². The quantitative estimate of drug-likeness (QED) is 0.687. The Morgan fingerprint density at radius 2 is 1.93 bits per heavy atom. The van der Waals surface area contributed by atoms with Gasteiger partial charge < -0.3 is 14.8 Å². The number of nitrogens with one attached hydrogen (secondary N) is 1. The van der Waals surface area contributed by atoms with Gasteiger partial charge in [-0.05, 0) is 35.0 Å². The minimum atomic E-state index is -0.909. The predicted octanol–water partition coefficient (Wildman–Crippen LogP) is 1.62. The van der Waals surface area contributed by atoms with Crippen molar-refractivity contribution < 1.29 is 14.8 Å². The van der Waals surface area contributed by atoms with Crippen molar-refractivity contribution in [1.82, 2.24) is 9.38 Å². The number of nitrogens with zero attached hydrogens (tertiary/aromatic N) is 2. The molecule has 6 heteroatoms. The Kier molecular flexibility index (Phi) is 5.02. The van der Waals surface area contributed by atoms with E-state index in [1.54, 1.807) is 0 Å². The molecule has 3 aromatic rings. The lowest BCUT2D eigenvalue weighted by Crippen LogP contribution is -3.12. The SMILES string of the molecule is Cc1ccc(-c2nc3ccc(Br)cn3c2C[NH+]2CCC(C(=O)[O-])CC2)cc1. The number of aliphatic carboxylic acids is 1. The van der Waals surface area contributed by atoms with Crippen molar-refractivity contribution in [2.45, 2.75) is 26.3 Å². The first kappa shape index (κ1) is 18.2. The van der Waals surface area contributed by atoms with Gasteiger partial charge in [0.1, 0.15) is 17.9 Å². The molecule has 0 aliphatic carbocycles. The number of halogens is 1. The van der Waals surface area contributed by atoms with Gasteiger partial charge in [-0.3, -0.25) is 4.40 Å². The van der Waals surface area contributed by atoms with Crippen LogP contribution in [0.3, 0.4) is 0 Å². The van der Waals surface area contributed by atoms with E-state index in [4.69, 9.17) is 4.98 Å². The molecule has 1 saturated heterocycles. The van der Waals surface area contributed by atoms with Gasteiger partial charge in [0.25, 0.3) is 0 Å². The number of imidazole rings is 1. The molecular formula is C21H22BrN3O2. The highest BCUT2D eigenvalue weighted by Gasteiger charge is 2.25. The summed E-state index contributed by atoms with van der Waals surface area (Å²) in [7, 11) is 0. The lowest BCUT2D eigenvalue weighted by molar-refractivity contribution is -0.919. The van der Waals surface area contributed by atoms with Crippen LogP contribution in [-0.4, -0.2) is 28.4 Å². The van der Waals surface area contributed by atoms with Gasteiger partial charge in [0.15, 0.2) is 0 Å². The summed E-state index contributed by atoms with van der Waals surface area (Å²) >= 11 is 3.56. The standard InChI is InChI=1S/C21H22BrN3O2/c1-14-2-4-15(5-3-14)20-18(25-12-17(22)6-7-19(25)23-20)13-24-10-8-16(9-11-24)21(26)27/h2-7,12,16H,8-11,13H2,1H3,(H,26,27). The number of pyridine rings is 1. The summed E-state index contributed by atoms with van der Waals surface area (Å²) in [5, 5.41) is 11.1. The maximum Gasteiger partial charge on any atom is 0.137 e. The first-order valence-electron chi connectivity index (χ1n) is 9.29. The number of carbonyl (C=O) groups is 1. The van der Waals surface area contributed by atoms with Crippen LogP contribution in [0.15, 0.2) is 47.1 Å². The number of carbonyl (C=O) groups excluding carboxylic acids is 1. The summed E-state index contributed by atoms with van der Waals surface area (Å²) in [6, 6.07) is 12.5. The molecule has 3 heterocycles. The molecule has 2 aromatic heterocycles. The van der Waals surface area contributed by atoms with E-state index in [1.807, 2.05) is 12.1 Å². The maximum atomic E-state index is 11.1. The number of aryl methyl sites for hydroxylation is 1. The van der Waals surface area contributed by atoms with Crippen LogP contribution in [0, 0.1) is 12.8 Å². The van der Waals surface area contributed by atoms with Crippen molar-refractivity contribution in [3.05, 3.63) is 58.3 Å². The molecule has 27 heavy (non-hydrogen) atoms. The lowest BCUT2D eigenvalue weighted by Gasteiger charge is -2.29. The monoisotopic (exact) mass is 427 g/mol. The molecule has 0 unspecified atom stereocenters. The highest BCUT2D eigenvalue weighted by atomic mass is 79.9. The Morgan fingerprint density at radius 1 is 1.22 bits per heavy atom. The van der Waals surface area contributed by atoms with Gasteiger partial charge in [0, 0.05) is 41.0 Å². The van der Waals surface area contributed by atoms with Gasteiger partial charge >= 0.3 is 0 Å². The molecule has 0 amide bonds. The van der Waals surface area contributed by atoms with E-state index in [9.17, 15) is 9.90 Å². The van der Waals surface area contributed by atoms with Crippen LogP contribution in [0.2, 0.25) is 0 Å². The molecule has 4 rings (SSSR count). The van der Waals surface area contributed by atoms with Crippen molar-refractivity contribution in [2.75, 3.05) is 13.1 Å². The number of hydrogen-bond acceptors (Lipinski definition) is 3. The fraction of sp³-hybridized carbons (Fsp3) is 0.333. The number of carboxylic acids is 1. The second kappa shape index (κ2) is 7.44. The molecule has 1 N–H and O–H groups in total. The zero-order valence-corrected chi connectivity index (χ0v) is 16.8. The number of rotatable bonds is 4. The topological polar surface area (TPSA) is 61.9 Å². The third-order valence-electron chi connectivity index (χ3n) is 5.45. The summed E-state index contributed by atoms with van der Waals surface area (Å²) in [5.74, 6) is -1.21. The van der Waals surface area contributed by atoms with E-state index < -0.39 is 5.97 Å². The Balaban J connectivity index is 1.69. The number of hydrogen-bond donors (Lipinski definition) is 1. The summed E-state index contributed by atoms with van der Waals surface area (Å²) in [5.41, 5.74) is 5.42. The number of aromatic nitrogens is 2. The zero-order valence-electron chi connectivity index (χ0n) is 15.2. The van der Waals surface area contributed by atoms with Gasteiger partial charge in [-0.1, -0.05) is 29.8 Å². The molecule has 0 radical (unpaired) electrons. The normalized spacial score (nSPS) is 20.1. The molecular weight excluding hydrogens is 406 g/mol. The summed E-state index contributed by atoms with van der Waals surface area (Å²) in [6.07, 6.45) is 3.42. The maximum absolute atomic E-state index is 11.1. The Labute approximate surface area is 166 Å². The minimum absolute atomic E-state index is 0.304. The number of quaternary nitrogens is 1. The zero-order chi connectivity index (χ0) is 19.0. The summed E-state index contributed by atoms with van der Waals surface area (Å²) < 4.78 is 3.16. The van der Waals surface area contributed by atoms with Gasteiger partial charge in [-0.25, -0.2) is 4.98 Å². The molecule has 0 spiro atoms. The van der Waals surface area contributed by atoms with Crippen LogP contribution < -0.4 is 10.0 Å². The van der Waals surface area contributed by atoms with Crippen LogP contribution in [0.25, 0.3) is 16.9 Å². The van der Waals surface area contributed by atoms with Crippen molar-refractivity contribution in [1.29, 1.82) is 0 Å². The first-order chi connectivity index (χ1) is 13.0. The molecule has 0 saturated carbocycles. The fourth-order valence-corrected chi connectivity index (χ4v) is 4.19. The number of likely N-dealkylation sites (tertiary alicyclic amines) is 1. The van der Waals surface area contributed by atoms with Crippen molar-refractivity contribution in [2.24, 2.45) is 5.92 Å². The number of benzene rings is 1. The Hall–Kier alpha value is -2.18. The largest absolute Gasteiger partial charge is 0.550 e. The smallest absolute Gasteiger partial charge is 0.137 e. The highest BCUT2D eigenvalue weighted by Crippen LogP contribution is 2.26. The molecule has 0 bridgehead atoms. The molecule has 1 aliphatic rings. The van der Waals surface area contributed by atoms with Gasteiger partial charge in [0.05, 0.1) is 18.8 Å². The fourth-order valence-electron chi connectivity index (χ4n) is 3.85. The van der Waals surface area contributed by atoms with E-state index in [2.05, 4.69) is 57.7 Å². The summed E-state index contributed by atoms with van der Waals surface area (Å²) in [4.78, 5) is 17.4.